The molecule has 0 radical (unpaired) electrons. The molecule has 0 spiro atoms. The number of rotatable bonds is 6. The molecule has 1 heterocycles. The summed E-state index contributed by atoms with van der Waals surface area (Å²) >= 11 is 0. The number of aromatic hydroxyl groups is 1. The number of hydrogen-bond donors (Lipinski definition) is 2. The highest BCUT2D eigenvalue weighted by atomic mass is 16.4. The number of nitrogens with zero attached hydrogens (tertiary/aromatic N) is 1. The van der Waals surface area contributed by atoms with Crippen LogP contribution in [0.5, 0.6) is 5.75 Å². The summed E-state index contributed by atoms with van der Waals surface area (Å²) in [5.41, 5.74) is 2.37. The lowest BCUT2D eigenvalue weighted by Crippen LogP contribution is -2.55. The van der Waals surface area contributed by atoms with Gasteiger partial charge in [-0.15, -0.1) is 0 Å². The molecule has 144 valence electrons. The molecule has 0 aliphatic carbocycles. The molecular formula is C23H29NO3. The minimum atomic E-state index is -0.748. The van der Waals surface area contributed by atoms with E-state index in [1.807, 2.05) is 18.2 Å². The largest absolute Gasteiger partial charge is 0.508 e. The molecule has 27 heavy (non-hydrogen) atoms. The maximum absolute atomic E-state index is 11.1. The molecule has 0 saturated carbocycles. The highest BCUT2D eigenvalue weighted by Crippen LogP contribution is 2.44. The zero-order valence-electron chi connectivity index (χ0n) is 16.1. The van der Waals surface area contributed by atoms with Crippen molar-refractivity contribution in [3.8, 4) is 5.75 Å². The number of likely N-dealkylation sites (tertiary alicyclic amines) is 1. The summed E-state index contributed by atoms with van der Waals surface area (Å²) in [4.78, 5) is 13.5. The molecule has 4 nitrogen and oxygen atoms in total. The van der Waals surface area contributed by atoms with Crippen LogP contribution in [0.1, 0.15) is 37.8 Å². The number of phenolic OH excluding ortho intramolecular Hbond substituents is 1. The van der Waals surface area contributed by atoms with Crippen LogP contribution >= 0.6 is 0 Å². The molecule has 4 heteroatoms. The van der Waals surface area contributed by atoms with E-state index in [1.54, 1.807) is 6.07 Å². The summed E-state index contributed by atoms with van der Waals surface area (Å²) in [6.45, 7) is 5.98. The smallest absolute Gasteiger partial charge is 0.304 e. The van der Waals surface area contributed by atoms with Gasteiger partial charge in [-0.25, -0.2) is 0 Å². The minimum Gasteiger partial charge on any atom is -0.508 e. The highest BCUT2D eigenvalue weighted by Gasteiger charge is 2.44. The molecule has 1 fully saturated rings. The van der Waals surface area contributed by atoms with E-state index < -0.39 is 5.97 Å². The van der Waals surface area contributed by atoms with Crippen LogP contribution in [0, 0.1) is 5.92 Å². The van der Waals surface area contributed by atoms with Crippen molar-refractivity contribution >= 4 is 5.97 Å². The van der Waals surface area contributed by atoms with Crippen LogP contribution in [-0.4, -0.2) is 40.2 Å². The fourth-order valence-corrected chi connectivity index (χ4v) is 4.46. The SMILES string of the molecule is C[C@H]1[C@H](Cc2ccccc2)N(CCC(=O)O)CC[C@@]1(C)c1cccc(O)c1. The number of phenols is 1. The summed E-state index contributed by atoms with van der Waals surface area (Å²) < 4.78 is 0. The highest BCUT2D eigenvalue weighted by molar-refractivity contribution is 5.66. The molecule has 3 rings (SSSR count). The molecule has 1 aliphatic rings. The van der Waals surface area contributed by atoms with Gasteiger partial charge in [0.25, 0.3) is 0 Å². The van der Waals surface area contributed by atoms with Gasteiger partial charge in [0.2, 0.25) is 0 Å². The Bertz CT molecular complexity index is 776. The van der Waals surface area contributed by atoms with Gasteiger partial charge < -0.3 is 10.2 Å². The first-order valence-electron chi connectivity index (χ1n) is 9.69. The molecule has 1 saturated heterocycles. The summed E-state index contributed by atoms with van der Waals surface area (Å²) in [5.74, 6) is -0.127. The zero-order valence-corrected chi connectivity index (χ0v) is 16.1. The Morgan fingerprint density at radius 1 is 1.19 bits per heavy atom. The lowest BCUT2D eigenvalue weighted by Gasteiger charge is -2.51. The number of carbonyl (C=O) groups is 1. The summed E-state index contributed by atoms with van der Waals surface area (Å²) in [5, 5.41) is 19.1. The quantitative estimate of drug-likeness (QED) is 0.808. The Labute approximate surface area is 161 Å². The maximum atomic E-state index is 11.1. The van der Waals surface area contributed by atoms with Gasteiger partial charge in [0.15, 0.2) is 0 Å². The van der Waals surface area contributed by atoms with Crippen molar-refractivity contribution in [1.29, 1.82) is 0 Å². The third-order valence-corrected chi connectivity index (χ3v) is 6.38. The molecule has 2 N–H and O–H groups in total. The molecule has 0 aromatic heterocycles. The topological polar surface area (TPSA) is 60.8 Å². The van der Waals surface area contributed by atoms with Crippen LogP contribution in [0.4, 0.5) is 0 Å². The third-order valence-electron chi connectivity index (χ3n) is 6.38. The minimum absolute atomic E-state index is 0.0576. The average Bonchev–Trinajstić information content (AvgIpc) is 2.65. The number of hydrogen-bond acceptors (Lipinski definition) is 3. The van der Waals surface area contributed by atoms with Gasteiger partial charge in [-0.2, -0.15) is 0 Å². The summed E-state index contributed by atoms with van der Waals surface area (Å²) in [7, 11) is 0. The first-order valence-corrected chi connectivity index (χ1v) is 9.69. The van der Waals surface area contributed by atoms with E-state index in [0.29, 0.717) is 18.2 Å². The van der Waals surface area contributed by atoms with Crippen molar-refractivity contribution in [2.45, 2.75) is 44.6 Å². The lowest BCUT2D eigenvalue weighted by molar-refractivity contribution is -0.137. The van der Waals surface area contributed by atoms with Gasteiger partial charge in [0, 0.05) is 12.6 Å². The lowest BCUT2D eigenvalue weighted by atomic mass is 9.64. The average molecular weight is 367 g/mol. The fraction of sp³-hybridized carbons (Fsp3) is 0.435. The van der Waals surface area contributed by atoms with Gasteiger partial charge >= 0.3 is 5.97 Å². The Morgan fingerprint density at radius 3 is 2.59 bits per heavy atom. The molecule has 2 aromatic rings. The Morgan fingerprint density at radius 2 is 1.93 bits per heavy atom. The van der Waals surface area contributed by atoms with Crippen LogP contribution < -0.4 is 0 Å². The number of aliphatic carboxylic acids is 1. The molecule has 1 aliphatic heterocycles. The molecule has 2 aromatic carbocycles. The Kier molecular flexibility index (Phi) is 5.85. The number of piperidine rings is 1. The monoisotopic (exact) mass is 367 g/mol. The third kappa shape index (κ3) is 4.33. The summed E-state index contributed by atoms with van der Waals surface area (Å²) in [6.07, 6.45) is 2.01. The fourth-order valence-electron chi connectivity index (χ4n) is 4.46. The Hall–Kier alpha value is -2.33. The van der Waals surface area contributed by atoms with Crippen molar-refractivity contribution < 1.29 is 15.0 Å². The standard InChI is InChI=1S/C23H29NO3/c1-17-21(15-18-7-4-3-5-8-18)24(13-11-22(26)27)14-12-23(17,2)19-9-6-10-20(25)16-19/h3-10,16-17,21,25H,11-15H2,1-2H3,(H,26,27)/t17-,21-,23+/m0/s1. The van der Waals surface area contributed by atoms with E-state index in [-0.39, 0.29) is 17.9 Å². The second-order valence-electron chi connectivity index (χ2n) is 7.94. The predicted octanol–water partition coefficient (Wildman–Crippen LogP) is 4.08. The van der Waals surface area contributed by atoms with Crippen molar-refractivity contribution in [3.63, 3.8) is 0 Å². The molecule has 0 amide bonds. The van der Waals surface area contributed by atoms with E-state index in [0.717, 1.165) is 24.9 Å². The molecular weight excluding hydrogens is 338 g/mol. The van der Waals surface area contributed by atoms with Crippen LogP contribution in [0.25, 0.3) is 0 Å². The first-order chi connectivity index (χ1) is 12.9. The van der Waals surface area contributed by atoms with Gasteiger partial charge in [0.1, 0.15) is 5.75 Å². The number of carboxylic acids is 1. The first kappa shape index (κ1) is 19.4. The second kappa shape index (κ2) is 8.13. The van der Waals surface area contributed by atoms with Crippen molar-refractivity contribution in [2.24, 2.45) is 5.92 Å². The van der Waals surface area contributed by atoms with Crippen LogP contribution in [0.15, 0.2) is 54.6 Å². The van der Waals surface area contributed by atoms with Gasteiger partial charge in [-0.05, 0) is 54.0 Å². The van der Waals surface area contributed by atoms with Gasteiger partial charge in [0.05, 0.1) is 6.42 Å². The van der Waals surface area contributed by atoms with E-state index >= 15 is 0 Å². The van der Waals surface area contributed by atoms with E-state index in [1.165, 1.54) is 5.56 Å². The van der Waals surface area contributed by atoms with Crippen LogP contribution in [0.2, 0.25) is 0 Å². The van der Waals surface area contributed by atoms with Crippen LogP contribution in [-0.2, 0) is 16.6 Å². The molecule has 0 unspecified atom stereocenters. The normalized spacial score (nSPS) is 26.0. The molecule has 0 bridgehead atoms. The maximum Gasteiger partial charge on any atom is 0.304 e. The zero-order chi connectivity index (χ0) is 19.4. The van der Waals surface area contributed by atoms with Gasteiger partial charge in [-0.3, -0.25) is 9.69 Å². The Balaban J connectivity index is 1.89. The number of benzene rings is 2. The van der Waals surface area contributed by atoms with Gasteiger partial charge in [-0.1, -0.05) is 56.3 Å². The van der Waals surface area contributed by atoms with E-state index in [2.05, 4.69) is 49.1 Å². The van der Waals surface area contributed by atoms with E-state index in [4.69, 9.17) is 5.11 Å². The predicted molar refractivity (Wildman–Crippen MR) is 107 cm³/mol. The molecule has 3 atom stereocenters. The summed E-state index contributed by atoms with van der Waals surface area (Å²) in [6, 6.07) is 18.3. The van der Waals surface area contributed by atoms with Crippen molar-refractivity contribution in [3.05, 3.63) is 65.7 Å². The van der Waals surface area contributed by atoms with E-state index in [9.17, 15) is 9.90 Å². The number of carboxylic acid groups (broad SMARTS) is 1. The van der Waals surface area contributed by atoms with Crippen LogP contribution in [0.3, 0.4) is 0 Å². The van der Waals surface area contributed by atoms with Crippen molar-refractivity contribution in [2.75, 3.05) is 13.1 Å². The van der Waals surface area contributed by atoms with Crippen molar-refractivity contribution in [1.82, 2.24) is 4.90 Å². The second-order valence-corrected chi connectivity index (χ2v) is 7.94.